The van der Waals surface area contributed by atoms with Gasteiger partial charge in [-0.05, 0) is 34.7 Å². The standard InChI is InChI=1S/C9H6ClIN2/c10-5-1-2-6-7(3-5)9(12)13-4-8(6)11/h1-4H,(H2,12,13). The van der Waals surface area contributed by atoms with E-state index in [0.717, 1.165) is 14.3 Å². The first-order valence-electron chi connectivity index (χ1n) is 3.68. The highest BCUT2D eigenvalue weighted by Gasteiger charge is 2.03. The summed E-state index contributed by atoms with van der Waals surface area (Å²) in [6, 6.07) is 5.64. The lowest BCUT2D eigenvalue weighted by Crippen LogP contribution is -1.92. The van der Waals surface area contributed by atoms with Gasteiger partial charge in [0.15, 0.2) is 0 Å². The molecule has 0 fully saturated rings. The second-order valence-corrected chi connectivity index (χ2v) is 4.28. The van der Waals surface area contributed by atoms with Crippen LogP contribution in [-0.2, 0) is 0 Å². The van der Waals surface area contributed by atoms with E-state index in [1.54, 1.807) is 6.20 Å². The minimum absolute atomic E-state index is 0.526. The molecular weight excluding hydrogens is 298 g/mol. The topological polar surface area (TPSA) is 38.9 Å². The highest BCUT2D eigenvalue weighted by Crippen LogP contribution is 2.26. The zero-order valence-corrected chi connectivity index (χ0v) is 9.50. The van der Waals surface area contributed by atoms with Crippen molar-refractivity contribution in [1.29, 1.82) is 0 Å². The van der Waals surface area contributed by atoms with Gasteiger partial charge in [0.2, 0.25) is 0 Å². The van der Waals surface area contributed by atoms with Gasteiger partial charge in [-0.25, -0.2) is 4.98 Å². The van der Waals surface area contributed by atoms with Gasteiger partial charge in [-0.15, -0.1) is 0 Å². The van der Waals surface area contributed by atoms with Gasteiger partial charge in [0.1, 0.15) is 5.82 Å². The Kier molecular flexibility index (Phi) is 2.29. The minimum atomic E-state index is 0.526. The Labute approximate surface area is 94.2 Å². The van der Waals surface area contributed by atoms with E-state index in [9.17, 15) is 0 Å². The molecule has 0 aliphatic rings. The fourth-order valence-electron chi connectivity index (χ4n) is 1.20. The molecule has 0 saturated heterocycles. The van der Waals surface area contributed by atoms with Crippen LogP contribution >= 0.6 is 34.2 Å². The number of hydrogen-bond acceptors (Lipinski definition) is 2. The summed E-state index contributed by atoms with van der Waals surface area (Å²) < 4.78 is 1.08. The maximum absolute atomic E-state index is 5.86. The van der Waals surface area contributed by atoms with Gasteiger partial charge in [-0.2, -0.15) is 0 Å². The van der Waals surface area contributed by atoms with Crippen molar-refractivity contribution in [3.8, 4) is 0 Å². The van der Waals surface area contributed by atoms with E-state index in [0.29, 0.717) is 10.8 Å². The van der Waals surface area contributed by atoms with E-state index in [-0.39, 0.29) is 0 Å². The van der Waals surface area contributed by atoms with Crippen LogP contribution in [-0.4, -0.2) is 4.98 Å². The Morgan fingerprint density at radius 3 is 2.85 bits per heavy atom. The lowest BCUT2D eigenvalue weighted by molar-refractivity contribution is 1.35. The summed E-state index contributed by atoms with van der Waals surface area (Å²) in [6.45, 7) is 0. The SMILES string of the molecule is Nc1ncc(I)c2ccc(Cl)cc12. The highest BCUT2D eigenvalue weighted by molar-refractivity contribution is 14.1. The van der Waals surface area contributed by atoms with Crippen molar-refractivity contribution in [2.75, 3.05) is 5.73 Å². The van der Waals surface area contributed by atoms with E-state index in [1.165, 1.54) is 0 Å². The zero-order valence-electron chi connectivity index (χ0n) is 6.59. The highest BCUT2D eigenvalue weighted by atomic mass is 127. The first-order chi connectivity index (χ1) is 6.18. The number of nitrogen functional groups attached to an aromatic ring is 1. The average molecular weight is 305 g/mol. The predicted octanol–water partition coefficient (Wildman–Crippen LogP) is 3.08. The Balaban J connectivity index is 2.92. The van der Waals surface area contributed by atoms with Crippen molar-refractivity contribution in [2.45, 2.75) is 0 Å². The molecule has 0 amide bonds. The van der Waals surface area contributed by atoms with Crippen LogP contribution in [0.2, 0.25) is 5.02 Å². The van der Waals surface area contributed by atoms with E-state index in [2.05, 4.69) is 27.6 Å². The van der Waals surface area contributed by atoms with Crippen molar-refractivity contribution in [1.82, 2.24) is 4.98 Å². The molecule has 0 unspecified atom stereocenters. The van der Waals surface area contributed by atoms with Crippen molar-refractivity contribution >= 4 is 50.8 Å². The Morgan fingerprint density at radius 1 is 1.31 bits per heavy atom. The Bertz CT molecular complexity index is 470. The number of benzene rings is 1. The van der Waals surface area contributed by atoms with Gasteiger partial charge < -0.3 is 5.73 Å². The number of nitrogens with zero attached hydrogens (tertiary/aromatic N) is 1. The lowest BCUT2D eigenvalue weighted by atomic mass is 10.2. The summed E-state index contributed by atoms with van der Waals surface area (Å²) in [5.41, 5.74) is 5.72. The number of pyridine rings is 1. The monoisotopic (exact) mass is 304 g/mol. The molecule has 2 nitrogen and oxygen atoms in total. The van der Waals surface area contributed by atoms with E-state index in [1.807, 2.05) is 18.2 Å². The molecule has 0 radical (unpaired) electrons. The number of nitrogens with two attached hydrogens (primary N) is 1. The maximum Gasteiger partial charge on any atom is 0.131 e. The van der Waals surface area contributed by atoms with Gasteiger partial charge in [0.25, 0.3) is 0 Å². The van der Waals surface area contributed by atoms with Crippen LogP contribution in [0.1, 0.15) is 0 Å². The van der Waals surface area contributed by atoms with Crippen molar-refractivity contribution < 1.29 is 0 Å². The predicted molar refractivity (Wildman–Crippen MR) is 63.9 cm³/mol. The molecule has 1 aromatic heterocycles. The van der Waals surface area contributed by atoms with E-state index >= 15 is 0 Å². The number of anilines is 1. The molecular formula is C9H6ClIN2. The molecule has 66 valence electrons. The third-order valence-electron chi connectivity index (χ3n) is 1.83. The lowest BCUT2D eigenvalue weighted by Gasteiger charge is -2.03. The molecule has 2 rings (SSSR count). The van der Waals surface area contributed by atoms with Gasteiger partial charge in [0, 0.05) is 25.6 Å². The second-order valence-electron chi connectivity index (χ2n) is 2.68. The molecule has 0 saturated carbocycles. The third kappa shape index (κ3) is 1.58. The number of fused-ring (bicyclic) bond motifs is 1. The van der Waals surface area contributed by atoms with Gasteiger partial charge in [-0.1, -0.05) is 17.7 Å². The third-order valence-corrected chi connectivity index (χ3v) is 2.93. The molecule has 0 bridgehead atoms. The first-order valence-corrected chi connectivity index (χ1v) is 5.13. The average Bonchev–Trinajstić information content (AvgIpc) is 2.12. The molecule has 2 aromatic rings. The summed E-state index contributed by atoms with van der Waals surface area (Å²) >= 11 is 8.08. The normalized spacial score (nSPS) is 10.6. The van der Waals surface area contributed by atoms with Crippen LogP contribution in [0.5, 0.6) is 0 Å². The number of aromatic nitrogens is 1. The fraction of sp³-hybridized carbons (Fsp3) is 0. The summed E-state index contributed by atoms with van der Waals surface area (Å²) in [5.74, 6) is 0.526. The molecule has 2 N–H and O–H groups in total. The summed E-state index contributed by atoms with van der Waals surface area (Å²) in [5, 5.41) is 2.69. The molecule has 4 heteroatoms. The zero-order chi connectivity index (χ0) is 9.42. The Hall–Kier alpha value is -0.550. The van der Waals surface area contributed by atoms with Crippen molar-refractivity contribution in [3.63, 3.8) is 0 Å². The number of hydrogen-bond donors (Lipinski definition) is 1. The van der Waals surface area contributed by atoms with Gasteiger partial charge in [0.05, 0.1) is 0 Å². The van der Waals surface area contributed by atoms with Crippen LogP contribution in [0.4, 0.5) is 5.82 Å². The molecule has 0 spiro atoms. The molecule has 1 heterocycles. The van der Waals surface area contributed by atoms with Crippen LogP contribution in [0, 0.1) is 3.57 Å². The largest absolute Gasteiger partial charge is 0.383 e. The maximum atomic E-state index is 5.86. The molecule has 1 aromatic carbocycles. The Morgan fingerprint density at radius 2 is 2.08 bits per heavy atom. The smallest absolute Gasteiger partial charge is 0.131 e. The molecule has 0 atom stereocenters. The van der Waals surface area contributed by atoms with Crippen molar-refractivity contribution in [3.05, 3.63) is 33.0 Å². The van der Waals surface area contributed by atoms with Crippen molar-refractivity contribution in [2.24, 2.45) is 0 Å². The van der Waals surface area contributed by atoms with Crippen LogP contribution in [0.25, 0.3) is 10.8 Å². The van der Waals surface area contributed by atoms with Crippen LogP contribution in [0.15, 0.2) is 24.4 Å². The number of halogens is 2. The summed E-state index contributed by atoms with van der Waals surface area (Å²) in [7, 11) is 0. The van der Waals surface area contributed by atoms with E-state index < -0.39 is 0 Å². The molecule has 0 aliphatic heterocycles. The minimum Gasteiger partial charge on any atom is -0.383 e. The first kappa shape index (κ1) is 9.02. The number of rotatable bonds is 0. The van der Waals surface area contributed by atoms with Gasteiger partial charge in [-0.3, -0.25) is 0 Å². The fourth-order valence-corrected chi connectivity index (χ4v) is 1.98. The molecule has 13 heavy (non-hydrogen) atoms. The quantitative estimate of drug-likeness (QED) is 0.760. The van der Waals surface area contributed by atoms with Crippen LogP contribution < -0.4 is 5.73 Å². The summed E-state index contributed by atoms with van der Waals surface area (Å²) in [6.07, 6.45) is 1.76. The van der Waals surface area contributed by atoms with E-state index in [4.69, 9.17) is 17.3 Å². The molecule has 0 aliphatic carbocycles. The summed E-state index contributed by atoms with van der Waals surface area (Å²) in [4.78, 5) is 4.06. The van der Waals surface area contributed by atoms with Gasteiger partial charge >= 0.3 is 0 Å². The second kappa shape index (κ2) is 3.31. The van der Waals surface area contributed by atoms with Crippen LogP contribution in [0.3, 0.4) is 0 Å².